The van der Waals surface area contributed by atoms with Gasteiger partial charge in [-0.3, -0.25) is 4.90 Å². The normalized spacial score (nSPS) is 13.0. The molecule has 1 rings (SSSR count). The molecule has 2 N–H and O–H groups in total. The summed E-state index contributed by atoms with van der Waals surface area (Å²) < 4.78 is 10.5. The van der Waals surface area contributed by atoms with Crippen LogP contribution < -0.4 is 10.5 Å². The van der Waals surface area contributed by atoms with Crippen LogP contribution in [0.3, 0.4) is 0 Å². The fourth-order valence-corrected chi connectivity index (χ4v) is 2.54. The van der Waals surface area contributed by atoms with Gasteiger partial charge in [0.05, 0.1) is 13.7 Å². The van der Waals surface area contributed by atoms with Crippen molar-refractivity contribution in [2.45, 2.75) is 32.9 Å². The van der Waals surface area contributed by atoms with Crippen LogP contribution in [0.25, 0.3) is 0 Å². The number of aryl methyl sites for hydroxylation is 1. The first-order valence-electron chi connectivity index (χ1n) is 7.14. The van der Waals surface area contributed by atoms with Crippen molar-refractivity contribution in [3.05, 3.63) is 29.3 Å². The highest BCUT2D eigenvalue weighted by molar-refractivity contribution is 5.37. The van der Waals surface area contributed by atoms with E-state index in [1.54, 1.807) is 14.2 Å². The summed E-state index contributed by atoms with van der Waals surface area (Å²) in [6.07, 6.45) is 0. The SMILES string of the molecule is COCCN(C(C)C)C(CN)c1ccc(OC)c(C)c1. The Morgan fingerprint density at radius 3 is 2.40 bits per heavy atom. The second-order valence-corrected chi connectivity index (χ2v) is 5.30. The van der Waals surface area contributed by atoms with E-state index >= 15 is 0 Å². The van der Waals surface area contributed by atoms with E-state index in [9.17, 15) is 0 Å². The molecule has 0 aliphatic rings. The number of methoxy groups -OCH3 is 2. The Kier molecular flexibility index (Phi) is 6.99. The summed E-state index contributed by atoms with van der Waals surface area (Å²) in [7, 11) is 3.43. The fraction of sp³-hybridized carbons (Fsp3) is 0.625. The van der Waals surface area contributed by atoms with Crippen LogP contribution in [0.4, 0.5) is 0 Å². The maximum Gasteiger partial charge on any atom is 0.121 e. The molecule has 1 aromatic carbocycles. The molecular formula is C16H28N2O2. The Bertz CT molecular complexity index is 407. The first-order chi connectivity index (χ1) is 9.54. The fourth-order valence-electron chi connectivity index (χ4n) is 2.54. The molecule has 0 fully saturated rings. The lowest BCUT2D eigenvalue weighted by Gasteiger charge is -2.34. The average Bonchev–Trinajstić information content (AvgIpc) is 2.43. The molecule has 1 aromatic rings. The zero-order chi connectivity index (χ0) is 15.1. The van der Waals surface area contributed by atoms with Crippen LogP contribution in [-0.2, 0) is 4.74 Å². The van der Waals surface area contributed by atoms with Crippen LogP contribution in [0, 0.1) is 6.92 Å². The van der Waals surface area contributed by atoms with Crippen molar-refractivity contribution in [2.75, 3.05) is 33.9 Å². The molecule has 0 heterocycles. The molecule has 0 aromatic heterocycles. The smallest absolute Gasteiger partial charge is 0.121 e. The molecule has 0 saturated carbocycles. The van der Waals surface area contributed by atoms with Crippen molar-refractivity contribution in [2.24, 2.45) is 5.73 Å². The van der Waals surface area contributed by atoms with E-state index < -0.39 is 0 Å². The zero-order valence-electron chi connectivity index (χ0n) is 13.3. The third-order valence-corrected chi connectivity index (χ3v) is 3.64. The van der Waals surface area contributed by atoms with Gasteiger partial charge in [-0.2, -0.15) is 0 Å². The van der Waals surface area contributed by atoms with E-state index in [1.165, 1.54) is 5.56 Å². The molecular weight excluding hydrogens is 252 g/mol. The Hall–Kier alpha value is -1.10. The van der Waals surface area contributed by atoms with Gasteiger partial charge in [0, 0.05) is 32.3 Å². The lowest BCUT2D eigenvalue weighted by Crippen LogP contribution is -2.40. The summed E-state index contributed by atoms with van der Waals surface area (Å²) in [6.45, 7) is 8.62. The molecule has 0 bridgehead atoms. The molecule has 4 heteroatoms. The van der Waals surface area contributed by atoms with Crippen molar-refractivity contribution in [3.63, 3.8) is 0 Å². The number of ether oxygens (including phenoxy) is 2. The van der Waals surface area contributed by atoms with Gasteiger partial charge in [0.1, 0.15) is 5.75 Å². The summed E-state index contributed by atoms with van der Waals surface area (Å²) in [4.78, 5) is 2.38. The largest absolute Gasteiger partial charge is 0.496 e. The van der Waals surface area contributed by atoms with E-state index in [0.29, 0.717) is 19.2 Å². The topological polar surface area (TPSA) is 47.7 Å². The van der Waals surface area contributed by atoms with Crippen LogP contribution in [0.1, 0.15) is 31.0 Å². The maximum absolute atomic E-state index is 6.02. The summed E-state index contributed by atoms with van der Waals surface area (Å²) >= 11 is 0. The lowest BCUT2D eigenvalue weighted by atomic mass is 10.0. The van der Waals surface area contributed by atoms with Crippen LogP contribution >= 0.6 is 0 Å². The van der Waals surface area contributed by atoms with Crippen molar-refractivity contribution in [3.8, 4) is 5.75 Å². The Morgan fingerprint density at radius 1 is 1.25 bits per heavy atom. The Morgan fingerprint density at radius 2 is 1.95 bits per heavy atom. The van der Waals surface area contributed by atoms with Crippen molar-refractivity contribution in [1.29, 1.82) is 0 Å². The highest BCUT2D eigenvalue weighted by Crippen LogP contribution is 2.26. The molecule has 0 amide bonds. The minimum atomic E-state index is 0.203. The highest BCUT2D eigenvalue weighted by Gasteiger charge is 2.22. The first-order valence-corrected chi connectivity index (χ1v) is 7.14. The van der Waals surface area contributed by atoms with Gasteiger partial charge in [0.25, 0.3) is 0 Å². The van der Waals surface area contributed by atoms with E-state index in [-0.39, 0.29) is 6.04 Å². The Labute approximate surface area is 122 Å². The number of rotatable bonds is 8. The molecule has 1 unspecified atom stereocenters. The molecule has 1 atom stereocenters. The number of nitrogens with two attached hydrogens (primary N) is 1. The summed E-state index contributed by atoms with van der Waals surface area (Å²) in [5.74, 6) is 0.914. The number of benzene rings is 1. The molecule has 114 valence electrons. The minimum Gasteiger partial charge on any atom is -0.496 e. The summed E-state index contributed by atoms with van der Waals surface area (Å²) in [6, 6.07) is 6.91. The van der Waals surface area contributed by atoms with Gasteiger partial charge in [-0.05, 0) is 38.0 Å². The van der Waals surface area contributed by atoms with Gasteiger partial charge in [-0.15, -0.1) is 0 Å². The monoisotopic (exact) mass is 280 g/mol. The molecule has 4 nitrogen and oxygen atoms in total. The van der Waals surface area contributed by atoms with Crippen molar-refractivity contribution in [1.82, 2.24) is 4.90 Å². The van der Waals surface area contributed by atoms with E-state index in [4.69, 9.17) is 15.2 Å². The third-order valence-electron chi connectivity index (χ3n) is 3.64. The van der Waals surface area contributed by atoms with Crippen LogP contribution in [0.15, 0.2) is 18.2 Å². The second-order valence-electron chi connectivity index (χ2n) is 5.30. The molecule has 0 aliphatic carbocycles. The number of hydrogen-bond donors (Lipinski definition) is 1. The van der Waals surface area contributed by atoms with E-state index in [2.05, 4.69) is 37.8 Å². The van der Waals surface area contributed by atoms with Gasteiger partial charge < -0.3 is 15.2 Å². The first kappa shape index (κ1) is 17.0. The highest BCUT2D eigenvalue weighted by atomic mass is 16.5. The van der Waals surface area contributed by atoms with Crippen molar-refractivity contribution < 1.29 is 9.47 Å². The van der Waals surface area contributed by atoms with Crippen molar-refractivity contribution >= 4 is 0 Å². The third kappa shape index (κ3) is 4.20. The predicted octanol–water partition coefficient (Wildman–Crippen LogP) is 2.36. The van der Waals surface area contributed by atoms with Crippen LogP contribution in [0.5, 0.6) is 5.75 Å². The van der Waals surface area contributed by atoms with E-state index in [0.717, 1.165) is 17.9 Å². The van der Waals surface area contributed by atoms with Gasteiger partial charge in [0.15, 0.2) is 0 Å². The van der Waals surface area contributed by atoms with Gasteiger partial charge in [0.2, 0.25) is 0 Å². The van der Waals surface area contributed by atoms with Gasteiger partial charge in [-0.25, -0.2) is 0 Å². The summed E-state index contributed by atoms with van der Waals surface area (Å²) in [5.41, 5.74) is 8.39. The number of hydrogen-bond acceptors (Lipinski definition) is 4. The number of nitrogens with zero attached hydrogens (tertiary/aromatic N) is 1. The molecule has 0 aliphatic heterocycles. The van der Waals surface area contributed by atoms with Gasteiger partial charge in [-0.1, -0.05) is 12.1 Å². The Balaban J connectivity index is 3.00. The standard InChI is InChI=1S/C16H28N2O2/c1-12(2)18(8-9-19-4)15(11-17)14-6-7-16(20-5)13(3)10-14/h6-7,10,12,15H,8-9,11,17H2,1-5H3. The molecule has 0 saturated heterocycles. The van der Waals surface area contributed by atoms with E-state index in [1.807, 2.05) is 6.07 Å². The molecule has 20 heavy (non-hydrogen) atoms. The van der Waals surface area contributed by atoms with Crippen LogP contribution in [-0.4, -0.2) is 44.9 Å². The quantitative estimate of drug-likeness (QED) is 0.794. The maximum atomic E-state index is 6.02. The predicted molar refractivity (Wildman–Crippen MR) is 83.2 cm³/mol. The average molecular weight is 280 g/mol. The lowest BCUT2D eigenvalue weighted by molar-refractivity contribution is 0.0979. The van der Waals surface area contributed by atoms with Gasteiger partial charge >= 0.3 is 0 Å². The minimum absolute atomic E-state index is 0.203. The second kappa shape index (κ2) is 8.25. The molecule has 0 radical (unpaired) electrons. The molecule has 0 spiro atoms. The summed E-state index contributed by atoms with van der Waals surface area (Å²) in [5, 5.41) is 0. The van der Waals surface area contributed by atoms with Crippen LogP contribution in [0.2, 0.25) is 0 Å². The zero-order valence-corrected chi connectivity index (χ0v) is 13.3.